The van der Waals surface area contributed by atoms with E-state index >= 15 is 0 Å². The molecule has 19 heavy (non-hydrogen) atoms. The average molecular weight is 268 g/mol. The van der Waals surface area contributed by atoms with Crippen molar-refractivity contribution in [2.75, 3.05) is 20.1 Å². The lowest BCUT2D eigenvalue weighted by Gasteiger charge is -2.18. The molecule has 0 saturated carbocycles. The summed E-state index contributed by atoms with van der Waals surface area (Å²) in [6.07, 6.45) is 0.577. The van der Waals surface area contributed by atoms with Crippen LogP contribution >= 0.6 is 0 Å². The van der Waals surface area contributed by atoms with Gasteiger partial charge in [0.2, 0.25) is 0 Å². The normalized spacial score (nSPS) is 12.0. The largest absolute Gasteiger partial charge is 0.393 e. The molecule has 1 atom stereocenters. The number of nitrogens with one attached hydrogen (secondary N) is 1. The Morgan fingerprint density at radius 3 is 2.79 bits per heavy atom. The van der Waals surface area contributed by atoms with Gasteiger partial charge in [0, 0.05) is 20.1 Å². The van der Waals surface area contributed by atoms with E-state index in [1.165, 1.54) is 11.0 Å². The van der Waals surface area contributed by atoms with E-state index in [4.69, 9.17) is 5.11 Å². The Morgan fingerprint density at radius 2 is 2.16 bits per heavy atom. The minimum Gasteiger partial charge on any atom is -0.393 e. The van der Waals surface area contributed by atoms with E-state index in [9.17, 15) is 9.18 Å². The molecule has 0 fully saturated rings. The highest BCUT2D eigenvalue weighted by Crippen LogP contribution is 2.06. The third-order valence-electron chi connectivity index (χ3n) is 2.86. The van der Waals surface area contributed by atoms with Crippen LogP contribution in [-0.4, -0.2) is 42.3 Å². The number of nitrogens with zero attached hydrogens (tertiary/aromatic N) is 1. The van der Waals surface area contributed by atoms with E-state index in [0.29, 0.717) is 31.5 Å². The summed E-state index contributed by atoms with van der Waals surface area (Å²) in [5.41, 5.74) is 0.592. The monoisotopic (exact) mass is 268 g/mol. The number of hydrogen-bond acceptors (Lipinski definition) is 2. The van der Waals surface area contributed by atoms with Gasteiger partial charge in [-0.3, -0.25) is 0 Å². The van der Waals surface area contributed by atoms with Crippen LogP contribution in [0.5, 0.6) is 0 Å². The minimum absolute atomic E-state index is 0.211. The van der Waals surface area contributed by atoms with Gasteiger partial charge in [0.15, 0.2) is 0 Å². The predicted molar refractivity (Wildman–Crippen MR) is 72.4 cm³/mol. The molecule has 0 saturated heterocycles. The first-order valence-corrected chi connectivity index (χ1v) is 6.41. The van der Waals surface area contributed by atoms with E-state index < -0.39 is 6.10 Å². The number of carbonyl (C=O) groups excluding carboxylic acids is 1. The number of rotatable bonds is 6. The zero-order valence-electron chi connectivity index (χ0n) is 11.4. The van der Waals surface area contributed by atoms with E-state index in [1.807, 2.05) is 0 Å². The summed E-state index contributed by atoms with van der Waals surface area (Å²) < 4.78 is 13.3. The second-order valence-corrected chi connectivity index (χ2v) is 4.63. The summed E-state index contributed by atoms with van der Waals surface area (Å²) in [7, 11) is 1.67. The molecule has 0 spiro atoms. The van der Waals surface area contributed by atoms with Crippen molar-refractivity contribution >= 4 is 6.03 Å². The summed E-state index contributed by atoms with van der Waals surface area (Å²) in [4.78, 5) is 13.2. The molecule has 2 amide bonds. The molecule has 5 heteroatoms. The molecule has 0 heterocycles. The summed E-state index contributed by atoms with van der Waals surface area (Å²) in [5, 5.41) is 11.9. The average Bonchev–Trinajstić information content (AvgIpc) is 2.38. The highest BCUT2D eigenvalue weighted by molar-refractivity contribution is 5.73. The number of aliphatic hydroxyl groups is 1. The Labute approximate surface area is 113 Å². The third-order valence-corrected chi connectivity index (χ3v) is 2.86. The molecule has 1 rings (SSSR count). The summed E-state index contributed by atoms with van der Waals surface area (Å²) in [6, 6.07) is 6.32. The first kappa shape index (κ1) is 15.4. The minimum atomic E-state index is -0.423. The van der Waals surface area contributed by atoms with E-state index in [1.54, 1.807) is 32.2 Å². The van der Waals surface area contributed by atoms with E-state index in [2.05, 4.69) is 5.32 Å². The van der Waals surface area contributed by atoms with Gasteiger partial charge in [-0.05, 0) is 31.4 Å². The van der Waals surface area contributed by atoms with Crippen molar-refractivity contribution in [3.63, 3.8) is 0 Å². The Balaban J connectivity index is 2.29. The first-order valence-electron chi connectivity index (χ1n) is 6.41. The summed E-state index contributed by atoms with van der Waals surface area (Å²) in [5.74, 6) is -0.251. The number of halogens is 1. The van der Waals surface area contributed by atoms with Crippen LogP contribution in [0.4, 0.5) is 9.18 Å². The molecule has 106 valence electrons. The summed E-state index contributed by atoms with van der Waals surface area (Å²) >= 11 is 0. The number of hydrogen-bond donors (Lipinski definition) is 2. The zero-order valence-corrected chi connectivity index (χ0v) is 11.4. The standard InChI is InChI=1S/C14H21FN2O2/c1-11(18)8-10-17(2)14(19)16-9-7-12-5-3-4-6-13(12)15/h3-6,11,18H,7-10H2,1-2H3,(H,16,19). The molecule has 1 aromatic carbocycles. The summed E-state index contributed by atoms with van der Waals surface area (Å²) in [6.45, 7) is 2.56. The zero-order chi connectivity index (χ0) is 14.3. The van der Waals surface area contributed by atoms with Gasteiger partial charge in [0.25, 0.3) is 0 Å². The van der Waals surface area contributed by atoms with Crippen LogP contribution in [-0.2, 0) is 6.42 Å². The maximum atomic E-state index is 13.3. The van der Waals surface area contributed by atoms with Gasteiger partial charge in [-0.25, -0.2) is 9.18 Å². The molecule has 1 unspecified atom stereocenters. The van der Waals surface area contributed by atoms with Crippen molar-refractivity contribution < 1.29 is 14.3 Å². The Hall–Kier alpha value is -1.62. The Kier molecular flexibility index (Phi) is 6.29. The number of aliphatic hydroxyl groups excluding tert-OH is 1. The topological polar surface area (TPSA) is 52.6 Å². The molecule has 0 aliphatic heterocycles. The third kappa shape index (κ3) is 5.70. The van der Waals surface area contributed by atoms with Crippen LogP contribution < -0.4 is 5.32 Å². The molecule has 0 aliphatic carbocycles. The molecule has 0 aromatic heterocycles. The molecule has 0 bridgehead atoms. The lowest BCUT2D eigenvalue weighted by molar-refractivity contribution is 0.163. The lowest BCUT2D eigenvalue weighted by Crippen LogP contribution is -2.39. The number of urea groups is 1. The predicted octanol–water partition coefficient (Wildman–Crippen LogP) is 1.78. The SMILES string of the molecule is CC(O)CCN(C)C(=O)NCCc1ccccc1F. The Morgan fingerprint density at radius 1 is 1.47 bits per heavy atom. The maximum absolute atomic E-state index is 13.3. The van der Waals surface area contributed by atoms with Gasteiger partial charge in [-0.1, -0.05) is 18.2 Å². The fraction of sp³-hybridized carbons (Fsp3) is 0.500. The van der Waals surface area contributed by atoms with Crippen molar-refractivity contribution in [2.24, 2.45) is 0 Å². The fourth-order valence-corrected chi connectivity index (χ4v) is 1.62. The van der Waals surface area contributed by atoms with Crippen molar-refractivity contribution in [1.29, 1.82) is 0 Å². The fourth-order valence-electron chi connectivity index (χ4n) is 1.62. The molecule has 2 N–H and O–H groups in total. The quantitative estimate of drug-likeness (QED) is 0.826. The van der Waals surface area contributed by atoms with Gasteiger partial charge in [-0.15, -0.1) is 0 Å². The van der Waals surface area contributed by atoms with Crippen LogP contribution in [0.1, 0.15) is 18.9 Å². The smallest absolute Gasteiger partial charge is 0.317 e. The van der Waals surface area contributed by atoms with Gasteiger partial charge >= 0.3 is 6.03 Å². The molecule has 0 aliphatic rings. The highest BCUT2D eigenvalue weighted by Gasteiger charge is 2.09. The molecule has 4 nitrogen and oxygen atoms in total. The van der Waals surface area contributed by atoms with E-state index in [0.717, 1.165) is 0 Å². The second-order valence-electron chi connectivity index (χ2n) is 4.63. The van der Waals surface area contributed by atoms with Crippen molar-refractivity contribution in [3.05, 3.63) is 35.6 Å². The van der Waals surface area contributed by atoms with Gasteiger partial charge in [0.05, 0.1) is 6.10 Å². The van der Waals surface area contributed by atoms with Crippen LogP contribution in [0.3, 0.4) is 0 Å². The van der Waals surface area contributed by atoms with Crippen LogP contribution in [0, 0.1) is 5.82 Å². The van der Waals surface area contributed by atoms with Gasteiger partial charge in [0.1, 0.15) is 5.82 Å². The van der Waals surface area contributed by atoms with Crippen LogP contribution in [0.25, 0.3) is 0 Å². The number of carbonyl (C=O) groups is 1. The first-order chi connectivity index (χ1) is 9.00. The number of benzene rings is 1. The lowest BCUT2D eigenvalue weighted by atomic mass is 10.1. The number of amides is 2. The van der Waals surface area contributed by atoms with Crippen molar-refractivity contribution in [3.8, 4) is 0 Å². The Bertz CT molecular complexity index is 410. The van der Waals surface area contributed by atoms with Crippen molar-refractivity contribution in [2.45, 2.75) is 25.9 Å². The van der Waals surface area contributed by atoms with Gasteiger partial charge in [-0.2, -0.15) is 0 Å². The molecule has 1 aromatic rings. The molecular weight excluding hydrogens is 247 g/mol. The maximum Gasteiger partial charge on any atom is 0.317 e. The van der Waals surface area contributed by atoms with Crippen molar-refractivity contribution in [1.82, 2.24) is 10.2 Å². The van der Waals surface area contributed by atoms with Crippen LogP contribution in [0.15, 0.2) is 24.3 Å². The van der Waals surface area contributed by atoms with Crippen LogP contribution in [0.2, 0.25) is 0 Å². The second kappa shape index (κ2) is 7.74. The molecular formula is C14H21FN2O2. The van der Waals surface area contributed by atoms with E-state index in [-0.39, 0.29) is 11.8 Å². The van der Waals surface area contributed by atoms with Gasteiger partial charge < -0.3 is 15.3 Å². The molecule has 0 radical (unpaired) electrons. The highest BCUT2D eigenvalue weighted by atomic mass is 19.1.